The highest BCUT2D eigenvalue weighted by atomic mass is 32.1. The van der Waals surface area contributed by atoms with E-state index >= 15 is 0 Å². The maximum Gasteiger partial charge on any atom is 0.170 e. The number of nitrogens with one attached hydrogen (secondary N) is 2. The van der Waals surface area contributed by atoms with Crippen LogP contribution in [0.2, 0.25) is 0 Å². The van der Waals surface area contributed by atoms with Gasteiger partial charge in [0.1, 0.15) is 12.4 Å². The molecule has 2 N–H and O–H groups in total. The van der Waals surface area contributed by atoms with Crippen molar-refractivity contribution in [3.05, 3.63) is 36.4 Å². The zero-order valence-corrected chi connectivity index (χ0v) is 11.1. The number of anilines is 1. The number of thiocarbonyl (C=S) groups is 1. The highest BCUT2D eigenvalue weighted by Gasteiger charge is 1.97. The van der Waals surface area contributed by atoms with E-state index in [1.165, 1.54) is 0 Å². The van der Waals surface area contributed by atoms with Gasteiger partial charge < -0.3 is 15.4 Å². The lowest BCUT2D eigenvalue weighted by molar-refractivity contribution is 0.353. The molecule has 0 bridgehead atoms. The van der Waals surface area contributed by atoms with Gasteiger partial charge in [0, 0.05) is 12.2 Å². The van der Waals surface area contributed by atoms with Crippen LogP contribution in [0.4, 0.5) is 5.69 Å². The molecule has 0 atom stereocenters. The van der Waals surface area contributed by atoms with E-state index in [4.69, 9.17) is 17.0 Å². The molecule has 0 heterocycles. The fraction of sp³-hybridized carbons (Fsp3) is 0.308. The molecule has 0 radical (unpaired) electrons. The summed E-state index contributed by atoms with van der Waals surface area (Å²) in [6.45, 7) is 9.08. The zero-order valence-electron chi connectivity index (χ0n) is 10.2. The molecular weight excluding hydrogens is 232 g/mol. The van der Waals surface area contributed by atoms with E-state index in [1.54, 1.807) is 0 Å². The van der Waals surface area contributed by atoms with Crippen LogP contribution in [0.5, 0.6) is 5.75 Å². The van der Waals surface area contributed by atoms with Crippen LogP contribution in [0.1, 0.15) is 13.8 Å². The van der Waals surface area contributed by atoms with Gasteiger partial charge in [-0.15, -0.1) is 0 Å². The molecule has 0 saturated heterocycles. The predicted molar refractivity (Wildman–Crippen MR) is 76.6 cm³/mol. The molecule has 0 aliphatic rings. The first-order valence-electron chi connectivity index (χ1n) is 5.54. The number of hydrogen-bond donors (Lipinski definition) is 2. The van der Waals surface area contributed by atoms with Crippen LogP contribution in [0.3, 0.4) is 0 Å². The highest BCUT2D eigenvalue weighted by molar-refractivity contribution is 7.80. The Bertz CT molecular complexity index is 387. The van der Waals surface area contributed by atoms with Crippen LogP contribution in [0.15, 0.2) is 36.4 Å². The van der Waals surface area contributed by atoms with Crippen molar-refractivity contribution < 1.29 is 4.74 Å². The van der Waals surface area contributed by atoms with Crippen LogP contribution in [0, 0.1) is 0 Å². The van der Waals surface area contributed by atoms with E-state index in [-0.39, 0.29) is 0 Å². The highest BCUT2D eigenvalue weighted by Crippen LogP contribution is 2.16. The summed E-state index contributed by atoms with van der Waals surface area (Å²) in [5, 5.41) is 6.74. The molecule has 1 aromatic carbocycles. The molecule has 17 heavy (non-hydrogen) atoms. The molecular formula is C13H18N2OS. The lowest BCUT2D eigenvalue weighted by Crippen LogP contribution is -2.27. The van der Waals surface area contributed by atoms with Crippen molar-refractivity contribution in [2.24, 2.45) is 0 Å². The van der Waals surface area contributed by atoms with Crippen LogP contribution < -0.4 is 15.4 Å². The Labute approximate surface area is 108 Å². The summed E-state index contributed by atoms with van der Waals surface area (Å²) in [6, 6.07) is 7.66. The summed E-state index contributed by atoms with van der Waals surface area (Å²) in [5.41, 5.74) is 1.94. The summed E-state index contributed by atoms with van der Waals surface area (Å²) in [5.74, 6) is 0.827. The second-order valence-corrected chi connectivity index (χ2v) is 4.16. The molecule has 0 aromatic heterocycles. The van der Waals surface area contributed by atoms with Gasteiger partial charge in [-0.2, -0.15) is 0 Å². The van der Waals surface area contributed by atoms with Gasteiger partial charge in [-0.25, -0.2) is 0 Å². The van der Waals surface area contributed by atoms with Gasteiger partial charge in [-0.3, -0.25) is 0 Å². The molecule has 4 heteroatoms. The van der Waals surface area contributed by atoms with Crippen LogP contribution in [0.25, 0.3) is 0 Å². The lowest BCUT2D eigenvalue weighted by Gasteiger charge is -2.10. The van der Waals surface area contributed by atoms with Crippen molar-refractivity contribution >= 4 is 23.0 Å². The largest absolute Gasteiger partial charge is 0.489 e. The molecule has 0 saturated carbocycles. The first-order chi connectivity index (χ1) is 8.11. The Kier molecular flexibility index (Phi) is 5.49. The van der Waals surface area contributed by atoms with E-state index < -0.39 is 0 Å². The molecule has 1 rings (SSSR count). The third-order valence-corrected chi connectivity index (χ3v) is 2.18. The van der Waals surface area contributed by atoms with Gasteiger partial charge in [0.2, 0.25) is 0 Å². The monoisotopic (exact) mass is 250 g/mol. The van der Waals surface area contributed by atoms with Crippen molar-refractivity contribution in [3.8, 4) is 5.75 Å². The van der Waals surface area contributed by atoms with Gasteiger partial charge in [0.15, 0.2) is 5.11 Å². The second-order valence-electron chi connectivity index (χ2n) is 3.75. The minimum atomic E-state index is 0.544. The first-order valence-corrected chi connectivity index (χ1v) is 5.94. The quantitative estimate of drug-likeness (QED) is 0.622. The standard InChI is InChI=1S/C13H18N2OS/c1-4-14-13(17)15-11-5-7-12(8-6-11)16-9-10(2)3/h5-8H,2,4,9H2,1,3H3,(H2,14,15,17). The normalized spacial score (nSPS) is 9.53. The lowest BCUT2D eigenvalue weighted by atomic mass is 10.3. The molecule has 0 fully saturated rings. The Morgan fingerprint density at radius 1 is 1.35 bits per heavy atom. The van der Waals surface area contributed by atoms with Crippen molar-refractivity contribution in [1.82, 2.24) is 5.32 Å². The predicted octanol–water partition coefficient (Wildman–Crippen LogP) is 2.95. The van der Waals surface area contributed by atoms with Gasteiger partial charge in [-0.05, 0) is 55.9 Å². The SMILES string of the molecule is C=C(C)COc1ccc(NC(=S)NCC)cc1. The van der Waals surface area contributed by atoms with Crippen LogP contribution in [-0.2, 0) is 0 Å². The van der Waals surface area contributed by atoms with E-state index in [2.05, 4.69) is 17.2 Å². The van der Waals surface area contributed by atoms with Crippen LogP contribution >= 0.6 is 12.2 Å². The third-order valence-electron chi connectivity index (χ3n) is 1.93. The number of rotatable bonds is 5. The maximum absolute atomic E-state index is 5.50. The van der Waals surface area contributed by atoms with Gasteiger partial charge in [-0.1, -0.05) is 6.58 Å². The molecule has 1 aromatic rings. The van der Waals surface area contributed by atoms with Crippen molar-refractivity contribution in [2.45, 2.75) is 13.8 Å². The van der Waals surface area contributed by atoms with Gasteiger partial charge >= 0.3 is 0 Å². The summed E-state index contributed by atoms with van der Waals surface area (Å²) in [7, 11) is 0. The summed E-state index contributed by atoms with van der Waals surface area (Å²) in [6.07, 6.45) is 0. The second kappa shape index (κ2) is 6.91. The smallest absolute Gasteiger partial charge is 0.170 e. The molecule has 0 spiro atoms. The molecule has 0 aliphatic carbocycles. The maximum atomic E-state index is 5.50. The van der Waals surface area contributed by atoms with E-state index in [0.717, 1.165) is 23.6 Å². The minimum Gasteiger partial charge on any atom is -0.489 e. The molecule has 0 aliphatic heterocycles. The average Bonchev–Trinajstić information content (AvgIpc) is 2.28. The van der Waals surface area contributed by atoms with E-state index in [0.29, 0.717) is 11.7 Å². The molecule has 0 amide bonds. The Morgan fingerprint density at radius 3 is 2.53 bits per heavy atom. The molecule has 92 valence electrons. The number of benzene rings is 1. The van der Waals surface area contributed by atoms with Crippen molar-refractivity contribution in [1.29, 1.82) is 0 Å². The fourth-order valence-corrected chi connectivity index (χ4v) is 1.44. The fourth-order valence-electron chi connectivity index (χ4n) is 1.18. The number of hydrogen-bond acceptors (Lipinski definition) is 2. The third kappa shape index (κ3) is 5.36. The number of ether oxygens (including phenoxy) is 1. The van der Waals surface area contributed by atoms with E-state index in [9.17, 15) is 0 Å². The molecule has 0 unspecified atom stereocenters. The Balaban J connectivity index is 2.49. The van der Waals surface area contributed by atoms with Gasteiger partial charge in [0.25, 0.3) is 0 Å². The topological polar surface area (TPSA) is 33.3 Å². The Hall–Kier alpha value is -1.55. The van der Waals surface area contributed by atoms with Crippen molar-refractivity contribution in [2.75, 3.05) is 18.5 Å². The van der Waals surface area contributed by atoms with Gasteiger partial charge in [0.05, 0.1) is 0 Å². The van der Waals surface area contributed by atoms with E-state index in [1.807, 2.05) is 38.1 Å². The minimum absolute atomic E-state index is 0.544. The summed E-state index contributed by atoms with van der Waals surface area (Å²) in [4.78, 5) is 0. The summed E-state index contributed by atoms with van der Waals surface area (Å²) >= 11 is 5.09. The molecule has 3 nitrogen and oxygen atoms in total. The van der Waals surface area contributed by atoms with Crippen LogP contribution in [-0.4, -0.2) is 18.3 Å². The first kappa shape index (κ1) is 13.5. The Morgan fingerprint density at radius 2 is 2.00 bits per heavy atom. The zero-order chi connectivity index (χ0) is 12.7. The van der Waals surface area contributed by atoms with Crippen molar-refractivity contribution in [3.63, 3.8) is 0 Å². The average molecular weight is 250 g/mol. The summed E-state index contributed by atoms with van der Waals surface area (Å²) < 4.78 is 5.50.